The van der Waals surface area contributed by atoms with Gasteiger partial charge in [-0.3, -0.25) is 4.79 Å². The third-order valence-electron chi connectivity index (χ3n) is 2.91. The van der Waals surface area contributed by atoms with Gasteiger partial charge < -0.3 is 15.8 Å². The van der Waals surface area contributed by atoms with Gasteiger partial charge in [-0.1, -0.05) is 19.8 Å². The lowest BCUT2D eigenvalue weighted by molar-refractivity contribution is -0.123. The number of nitrogens with two attached hydrogens (primary N) is 1. The minimum atomic E-state index is -0.363. The summed E-state index contributed by atoms with van der Waals surface area (Å²) in [7, 11) is 0. The van der Waals surface area contributed by atoms with Crippen molar-refractivity contribution in [3.8, 4) is 0 Å². The normalized spacial score (nSPS) is 27.7. The summed E-state index contributed by atoms with van der Waals surface area (Å²) in [4.78, 5) is 11.7. The molecule has 0 aromatic carbocycles. The van der Waals surface area contributed by atoms with E-state index >= 15 is 0 Å². The largest absolute Gasteiger partial charge is 0.376 e. The smallest absolute Gasteiger partial charge is 0.237 e. The van der Waals surface area contributed by atoms with Gasteiger partial charge >= 0.3 is 0 Å². The number of hydrogen-bond acceptors (Lipinski definition) is 3. The van der Waals surface area contributed by atoms with Crippen molar-refractivity contribution in [1.29, 1.82) is 0 Å². The molecule has 1 amide bonds. The highest BCUT2D eigenvalue weighted by Gasteiger charge is 2.27. The summed E-state index contributed by atoms with van der Waals surface area (Å²) in [6.07, 6.45) is 3.86. The third kappa shape index (κ3) is 3.80. The Kier molecular flexibility index (Phi) is 5.05. The van der Waals surface area contributed by atoms with Crippen molar-refractivity contribution in [2.75, 3.05) is 6.61 Å². The highest BCUT2D eigenvalue weighted by atomic mass is 16.5. The molecule has 0 spiro atoms. The molecule has 0 aromatic heterocycles. The lowest BCUT2D eigenvalue weighted by Gasteiger charge is -2.18. The summed E-state index contributed by atoms with van der Waals surface area (Å²) in [5.74, 6) is -0.0363. The molecule has 1 fully saturated rings. The van der Waals surface area contributed by atoms with E-state index in [1.807, 2.05) is 6.92 Å². The van der Waals surface area contributed by atoms with Gasteiger partial charge in [-0.2, -0.15) is 0 Å². The van der Waals surface area contributed by atoms with E-state index in [0.29, 0.717) is 0 Å². The summed E-state index contributed by atoms with van der Waals surface area (Å²) in [6, 6.07) is -0.220. The van der Waals surface area contributed by atoms with E-state index in [0.717, 1.165) is 32.3 Å². The third-order valence-corrected chi connectivity index (χ3v) is 2.91. The summed E-state index contributed by atoms with van der Waals surface area (Å²) >= 11 is 0. The number of unbranched alkanes of at least 4 members (excludes halogenated alkanes) is 1. The maximum Gasteiger partial charge on any atom is 0.237 e. The van der Waals surface area contributed by atoms with Gasteiger partial charge in [0.2, 0.25) is 5.91 Å². The second-order valence-electron chi connectivity index (χ2n) is 4.23. The quantitative estimate of drug-likeness (QED) is 0.711. The SMILES string of the molecule is CCCC[C@H](N)C(=O)NC1CCOC1C. The van der Waals surface area contributed by atoms with Crippen LogP contribution in [0.4, 0.5) is 0 Å². The molecule has 0 bridgehead atoms. The molecule has 1 aliphatic rings. The Morgan fingerprint density at radius 1 is 1.67 bits per heavy atom. The maximum atomic E-state index is 11.7. The van der Waals surface area contributed by atoms with Crippen molar-refractivity contribution in [3.05, 3.63) is 0 Å². The van der Waals surface area contributed by atoms with Crippen LogP contribution in [0.3, 0.4) is 0 Å². The van der Waals surface area contributed by atoms with Gasteiger partial charge in [-0.25, -0.2) is 0 Å². The summed E-state index contributed by atoms with van der Waals surface area (Å²) in [5.41, 5.74) is 5.77. The van der Waals surface area contributed by atoms with Gasteiger partial charge in [0, 0.05) is 6.61 Å². The molecule has 1 heterocycles. The fourth-order valence-corrected chi connectivity index (χ4v) is 1.77. The molecule has 1 aliphatic heterocycles. The zero-order chi connectivity index (χ0) is 11.3. The van der Waals surface area contributed by atoms with Gasteiger partial charge in [0.15, 0.2) is 0 Å². The van der Waals surface area contributed by atoms with Crippen molar-refractivity contribution >= 4 is 5.91 Å². The highest BCUT2D eigenvalue weighted by Crippen LogP contribution is 2.12. The molecule has 4 heteroatoms. The Morgan fingerprint density at radius 3 is 2.93 bits per heavy atom. The van der Waals surface area contributed by atoms with Crippen LogP contribution in [0.25, 0.3) is 0 Å². The van der Waals surface area contributed by atoms with E-state index in [1.54, 1.807) is 0 Å². The molecule has 15 heavy (non-hydrogen) atoms. The van der Waals surface area contributed by atoms with E-state index in [9.17, 15) is 4.79 Å². The first-order valence-corrected chi connectivity index (χ1v) is 5.82. The Labute approximate surface area is 91.5 Å². The molecule has 0 radical (unpaired) electrons. The van der Waals surface area contributed by atoms with Gasteiger partial charge in [-0.05, 0) is 19.8 Å². The van der Waals surface area contributed by atoms with Crippen LogP contribution in [0, 0.1) is 0 Å². The Balaban J connectivity index is 2.27. The Bertz CT molecular complexity index is 209. The van der Waals surface area contributed by atoms with Crippen LogP contribution in [0.2, 0.25) is 0 Å². The number of carbonyl (C=O) groups excluding carboxylic acids is 1. The topological polar surface area (TPSA) is 64.4 Å². The summed E-state index contributed by atoms with van der Waals surface area (Å²) < 4.78 is 5.37. The van der Waals surface area contributed by atoms with Crippen LogP contribution >= 0.6 is 0 Å². The van der Waals surface area contributed by atoms with Crippen LogP contribution in [0.15, 0.2) is 0 Å². The lowest BCUT2D eigenvalue weighted by atomic mass is 10.1. The molecule has 3 atom stereocenters. The second-order valence-corrected chi connectivity index (χ2v) is 4.23. The average Bonchev–Trinajstić information content (AvgIpc) is 2.61. The van der Waals surface area contributed by atoms with Crippen molar-refractivity contribution in [2.24, 2.45) is 5.73 Å². The van der Waals surface area contributed by atoms with Gasteiger partial charge in [-0.15, -0.1) is 0 Å². The molecule has 0 aliphatic carbocycles. The number of rotatable bonds is 5. The van der Waals surface area contributed by atoms with Crippen LogP contribution < -0.4 is 11.1 Å². The Morgan fingerprint density at radius 2 is 2.40 bits per heavy atom. The molecular weight excluding hydrogens is 192 g/mol. The highest BCUT2D eigenvalue weighted by molar-refractivity contribution is 5.81. The molecule has 1 saturated heterocycles. The van der Waals surface area contributed by atoms with Crippen molar-refractivity contribution in [2.45, 2.75) is 57.7 Å². The summed E-state index contributed by atoms with van der Waals surface area (Å²) in [5, 5.41) is 2.95. The van der Waals surface area contributed by atoms with Gasteiger partial charge in [0.1, 0.15) is 0 Å². The van der Waals surface area contributed by atoms with E-state index in [2.05, 4.69) is 12.2 Å². The molecular formula is C11H22N2O2. The Hall–Kier alpha value is -0.610. The molecule has 0 aromatic rings. The molecule has 1 rings (SSSR count). The van der Waals surface area contributed by atoms with Crippen LogP contribution in [-0.2, 0) is 9.53 Å². The first kappa shape index (κ1) is 12.5. The molecule has 88 valence electrons. The van der Waals surface area contributed by atoms with E-state index in [4.69, 9.17) is 10.5 Å². The number of nitrogens with one attached hydrogen (secondary N) is 1. The van der Waals surface area contributed by atoms with Crippen LogP contribution in [-0.4, -0.2) is 30.7 Å². The van der Waals surface area contributed by atoms with Crippen molar-refractivity contribution in [1.82, 2.24) is 5.32 Å². The van der Waals surface area contributed by atoms with E-state index < -0.39 is 0 Å². The zero-order valence-corrected chi connectivity index (χ0v) is 9.66. The number of hydrogen-bond donors (Lipinski definition) is 2. The summed E-state index contributed by atoms with van der Waals surface area (Å²) in [6.45, 7) is 4.81. The fraction of sp³-hybridized carbons (Fsp3) is 0.909. The van der Waals surface area contributed by atoms with Crippen molar-refractivity contribution < 1.29 is 9.53 Å². The molecule has 4 nitrogen and oxygen atoms in total. The number of ether oxygens (including phenoxy) is 1. The average molecular weight is 214 g/mol. The predicted molar refractivity (Wildman–Crippen MR) is 59.5 cm³/mol. The first-order chi connectivity index (χ1) is 7.15. The van der Waals surface area contributed by atoms with Crippen LogP contribution in [0.1, 0.15) is 39.5 Å². The standard InChI is InChI=1S/C11H22N2O2/c1-3-4-5-9(12)11(14)13-10-6-7-15-8(10)2/h8-10H,3-7,12H2,1-2H3,(H,13,14)/t8?,9-,10?/m0/s1. The van der Waals surface area contributed by atoms with Gasteiger partial charge in [0.25, 0.3) is 0 Å². The monoisotopic (exact) mass is 214 g/mol. The van der Waals surface area contributed by atoms with E-state index in [-0.39, 0.29) is 24.1 Å². The molecule has 3 N–H and O–H groups in total. The minimum absolute atomic E-state index is 0.0363. The molecule has 2 unspecified atom stereocenters. The van der Waals surface area contributed by atoms with Gasteiger partial charge in [0.05, 0.1) is 18.2 Å². The molecule has 0 saturated carbocycles. The first-order valence-electron chi connectivity index (χ1n) is 5.82. The number of amides is 1. The fourth-order valence-electron chi connectivity index (χ4n) is 1.77. The second kappa shape index (κ2) is 6.08. The lowest BCUT2D eigenvalue weighted by Crippen LogP contribution is -2.47. The predicted octanol–water partition coefficient (Wildman–Crippen LogP) is 0.797. The van der Waals surface area contributed by atoms with E-state index in [1.165, 1.54) is 0 Å². The number of carbonyl (C=O) groups is 1. The maximum absolute atomic E-state index is 11.7. The zero-order valence-electron chi connectivity index (χ0n) is 9.66. The van der Waals surface area contributed by atoms with Crippen molar-refractivity contribution in [3.63, 3.8) is 0 Å². The minimum Gasteiger partial charge on any atom is -0.376 e. The van der Waals surface area contributed by atoms with Crippen LogP contribution in [0.5, 0.6) is 0 Å².